The molecule has 0 unspecified atom stereocenters. The number of rotatable bonds is 5. The number of nitrogens with zero attached hydrogens (tertiary/aromatic N) is 2. The Morgan fingerprint density at radius 1 is 1.03 bits per heavy atom. The first-order valence-electron chi connectivity index (χ1n) is 11.8. The number of carbonyl (C=O) groups is 3. The number of hydrogen-bond acceptors (Lipinski definition) is 5. The number of ether oxygens (including phenoxy) is 1. The number of anilines is 2. The Balaban J connectivity index is 1.27. The van der Waals surface area contributed by atoms with Gasteiger partial charge in [-0.15, -0.1) is 0 Å². The van der Waals surface area contributed by atoms with Crippen molar-refractivity contribution < 1.29 is 24.2 Å². The Hall–Kier alpha value is -4.06. The van der Waals surface area contributed by atoms with Gasteiger partial charge in [0.15, 0.2) is 0 Å². The highest BCUT2D eigenvalue weighted by molar-refractivity contribution is 5.99. The van der Waals surface area contributed by atoms with E-state index in [1.165, 1.54) is 0 Å². The van der Waals surface area contributed by atoms with Crippen molar-refractivity contribution in [3.63, 3.8) is 0 Å². The molecule has 1 saturated carbocycles. The van der Waals surface area contributed by atoms with Gasteiger partial charge >= 0.3 is 18.1 Å². The number of carbonyl (C=O) groups excluding carboxylic acids is 2. The summed E-state index contributed by atoms with van der Waals surface area (Å²) in [4.78, 5) is 37.6. The Morgan fingerprint density at radius 3 is 2.49 bits per heavy atom. The van der Waals surface area contributed by atoms with Crippen LogP contribution in [0.5, 0.6) is 0 Å². The summed E-state index contributed by atoms with van der Waals surface area (Å²) in [5, 5.41) is 23.5. The van der Waals surface area contributed by atoms with Crippen LogP contribution in [0.3, 0.4) is 0 Å². The SMILES string of the molecule is N#Cc1cccc(NC(=O)Nc2ccc3c(c2)CCN(C(=O)OC2CCC(CC(=O)O)CC2)C3)c1. The van der Waals surface area contributed by atoms with Gasteiger partial charge in [-0.2, -0.15) is 5.26 Å². The molecular formula is C26H28N4O5. The number of nitriles is 1. The maximum atomic E-state index is 12.7. The molecule has 0 aromatic heterocycles. The third-order valence-corrected chi connectivity index (χ3v) is 6.51. The fourth-order valence-corrected chi connectivity index (χ4v) is 4.66. The molecule has 1 heterocycles. The van der Waals surface area contributed by atoms with E-state index in [9.17, 15) is 14.4 Å². The molecule has 0 atom stereocenters. The monoisotopic (exact) mass is 476 g/mol. The minimum atomic E-state index is -0.776. The van der Waals surface area contributed by atoms with Crippen molar-refractivity contribution in [2.45, 2.75) is 51.2 Å². The van der Waals surface area contributed by atoms with Gasteiger partial charge in [0.2, 0.25) is 0 Å². The average molecular weight is 477 g/mol. The van der Waals surface area contributed by atoms with E-state index < -0.39 is 12.0 Å². The lowest BCUT2D eigenvalue weighted by molar-refractivity contribution is -0.138. The highest BCUT2D eigenvalue weighted by atomic mass is 16.6. The van der Waals surface area contributed by atoms with Gasteiger partial charge in [0.1, 0.15) is 6.10 Å². The largest absolute Gasteiger partial charge is 0.481 e. The summed E-state index contributed by atoms with van der Waals surface area (Å²) in [6.45, 7) is 0.965. The van der Waals surface area contributed by atoms with Crippen molar-refractivity contribution in [3.05, 3.63) is 59.2 Å². The van der Waals surface area contributed by atoms with Crippen LogP contribution in [-0.4, -0.2) is 40.7 Å². The predicted octanol–water partition coefficient (Wildman–Crippen LogP) is 4.73. The number of hydrogen-bond donors (Lipinski definition) is 3. The van der Waals surface area contributed by atoms with E-state index >= 15 is 0 Å². The molecule has 9 nitrogen and oxygen atoms in total. The maximum absolute atomic E-state index is 12.7. The Bertz CT molecular complexity index is 1150. The molecule has 1 aliphatic carbocycles. The lowest BCUT2D eigenvalue weighted by atomic mass is 9.85. The van der Waals surface area contributed by atoms with Gasteiger partial charge in [0.05, 0.1) is 11.6 Å². The molecule has 0 spiro atoms. The smallest absolute Gasteiger partial charge is 0.410 e. The van der Waals surface area contributed by atoms with E-state index in [-0.39, 0.29) is 24.5 Å². The molecule has 0 saturated heterocycles. The molecule has 2 aliphatic rings. The average Bonchev–Trinajstić information content (AvgIpc) is 2.84. The number of urea groups is 1. The second kappa shape index (κ2) is 10.9. The van der Waals surface area contributed by atoms with Gasteiger partial charge in [-0.05, 0) is 79.5 Å². The van der Waals surface area contributed by atoms with Crippen molar-refractivity contribution in [1.29, 1.82) is 5.26 Å². The Labute approximate surface area is 203 Å². The maximum Gasteiger partial charge on any atom is 0.410 e. The van der Waals surface area contributed by atoms with Gasteiger partial charge in [0, 0.05) is 30.9 Å². The molecule has 3 amide bonds. The van der Waals surface area contributed by atoms with Crippen LogP contribution in [0.25, 0.3) is 0 Å². The molecule has 1 fully saturated rings. The molecule has 3 N–H and O–H groups in total. The summed E-state index contributed by atoms with van der Waals surface area (Å²) < 4.78 is 5.70. The van der Waals surface area contributed by atoms with Crippen LogP contribution < -0.4 is 10.6 Å². The molecule has 0 radical (unpaired) electrons. The fraction of sp³-hybridized carbons (Fsp3) is 0.385. The van der Waals surface area contributed by atoms with Crippen LogP contribution in [0, 0.1) is 17.2 Å². The zero-order chi connectivity index (χ0) is 24.8. The van der Waals surface area contributed by atoms with Crippen LogP contribution in [0.4, 0.5) is 21.0 Å². The summed E-state index contributed by atoms with van der Waals surface area (Å²) in [5.74, 6) is -0.612. The van der Waals surface area contributed by atoms with Crippen molar-refractivity contribution >= 4 is 29.5 Å². The highest BCUT2D eigenvalue weighted by Gasteiger charge is 2.28. The molecule has 182 valence electrons. The van der Waals surface area contributed by atoms with Gasteiger partial charge in [-0.3, -0.25) is 4.79 Å². The second-order valence-corrected chi connectivity index (χ2v) is 9.05. The number of aliphatic carboxylic acids is 1. The fourth-order valence-electron chi connectivity index (χ4n) is 4.66. The van der Waals surface area contributed by atoms with Crippen molar-refractivity contribution in [3.8, 4) is 6.07 Å². The minimum absolute atomic E-state index is 0.159. The predicted molar refractivity (Wildman–Crippen MR) is 129 cm³/mol. The summed E-state index contributed by atoms with van der Waals surface area (Å²) in [6.07, 6.45) is 3.26. The second-order valence-electron chi connectivity index (χ2n) is 9.05. The van der Waals surface area contributed by atoms with E-state index in [0.29, 0.717) is 49.3 Å². The van der Waals surface area contributed by atoms with Crippen LogP contribution >= 0.6 is 0 Å². The van der Waals surface area contributed by atoms with Crippen LogP contribution in [0.15, 0.2) is 42.5 Å². The van der Waals surface area contributed by atoms with E-state index in [4.69, 9.17) is 15.1 Å². The van der Waals surface area contributed by atoms with Crippen LogP contribution in [-0.2, 0) is 22.5 Å². The van der Waals surface area contributed by atoms with Crippen LogP contribution in [0.1, 0.15) is 48.8 Å². The van der Waals surface area contributed by atoms with E-state index in [1.807, 2.05) is 18.2 Å². The molecule has 0 bridgehead atoms. The summed E-state index contributed by atoms with van der Waals surface area (Å²) in [6, 6.07) is 13.9. The normalized spacial score (nSPS) is 19.1. The Morgan fingerprint density at radius 2 is 1.77 bits per heavy atom. The molecule has 2 aromatic rings. The molecule has 4 rings (SSSR count). The van der Waals surface area contributed by atoms with Gasteiger partial charge in [-0.1, -0.05) is 12.1 Å². The summed E-state index contributed by atoms with van der Waals surface area (Å²) >= 11 is 0. The lowest BCUT2D eigenvalue weighted by Gasteiger charge is -2.32. The molecule has 2 aromatic carbocycles. The third-order valence-electron chi connectivity index (χ3n) is 6.51. The standard InChI is InChI=1S/C26H28N4O5/c27-15-18-2-1-3-21(12-18)28-25(33)29-22-7-6-20-16-30(11-10-19(20)14-22)26(34)35-23-8-4-17(5-9-23)13-24(31)32/h1-3,6-7,12,14,17,23H,4-5,8-11,13,16H2,(H,31,32)(H2,28,29,33). The number of fused-ring (bicyclic) bond motifs is 1. The zero-order valence-electron chi connectivity index (χ0n) is 19.3. The quantitative estimate of drug-likeness (QED) is 0.572. The molecule has 35 heavy (non-hydrogen) atoms. The van der Waals surface area contributed by atoms with E-state index in [1.54, 1.807) is 35.2 Å². The van der Waals surface area contributed by atoms with Gasteiger partial charge < -0.3 is 25.4 Å². The van der Waals surface area contributed by atoms with Gasteiger partial charge in [-0.25, -0.2) is 9.59 Å². The summed E-state index contributed by atoms with van der Waals surface area (Å²) in [7, 11) is 0. The number of nitrogens with one attached hydrogen (secondary N) is 2. The third kappa shape index (κ3) is 6.51. The zero-order valence-corrected chi connectivity index (χ0v) is 19.3. The number of carboxylic acid groups (broad SMARTS) is 1. The van der Waals surface area contributed by atoms with Crippen molar-refractivity contribution in [2.75, 3.05) is 17.2 Å². The highest BCUT2D eigenvalue weighted by Crippen LogP contribution is 2.30. The van der Waals surface area contributed by atoms with Gasteiger partial charge in [0.25, 0.3) is 0 Å². The topological polar surface area (TPSA) is 132 Å². The summed E-state index contributed by atoms with van der Waals surface area (Å²) in [5.41, 5.74) is 3.71. The first-order chi connectivity index (χ1) is 16.9. The van der Waals surface area contributed by atoms with Crippen molar-refractivity contribution in [2.24, 2.45) is 5.92 Å². The Kier molecular flexibility index (Phi) is 7.51. The lowest BCUT2D eigenvalue weighted by Crippen LogP contribution is -2.39. The van der Waals surface area contributed by atoms with Crippen LogP contribution in [0.2, 0.25) is 0 Å². The number of amides is 3. The molecule has 9 heteroatoms. The first kappa shape index (κ1) is 24.1. The molecular weight excluding hydrogens is 448 g/mol. The minimum Gasteiger partial charge on any atom is -0.481 e. The number of carboxylic acids is 1. The van der Waals surface area contributed by atoms with Crippen molar-refractivity contribution in [1.82, 2.24) is 4.90 Å². The first-order valence-corrected chi connectivity index (χ1v) is 11.8. The van der Waals surface area contributed by atoms with E-state index in [2.05, 4.69) is 10.6 Å². The van der Waals surface area contributed by atoms with E-state index in [0.717, 1.165) is 24.0 Å². The molecule has 1 aliphatic heterocycles. The number of benzene rings is 2.